The molecule has 64 valence electrons. The molecule has 0 aromatic rings. The Balaban J connectivity index is 1.91. The molecule has 3 nitrogen and oxygen atoms in total. The van der Waals surface area contributed by atoms with Gasteiger partial charge in [-0.25, -0.2) is 0 Å². The van der Waals surface area contributed by atoms with Crippen molar-refractivity contribution in [1.29, 1.82) is 0 Å². The fourth-order valence-electron chi connectivity index (χ4n) is 2.00. The van der Waals surface area contributed by atoms with Gasteiger partial charge in [-0.1, -0.05) is 6.92 Å². The van der Waals surface area contributed by atoms with E-state index in [-0.39, 0.29) is 0 Å². The predicted molar refractivity (Wildman–Crippen MR) is 45.5 cm³/mol. The summed E-state index contributed by atoms with van der Waals surface area (Å²) in [6, 6.07) is 0. The number of nitrogens with one attached hydrogen (secondary N) is 1. The van der Waals surface area contributed by atoms with Crippen molar-refractivity contribution in [3.8, 4) is 0 Å². The molecule has 2 aliphatic rings. The number of hydrogen-bond donors (Lipinski definition) is 1. The Morgan fingerprint density at radius 1 is 1.36 bits per heavy atom. The van der Waals surface area contributed by atoms with Gasteiger partial charge < -0.3 is 0 Å². The zero-order valence-corrected chi connectivity index (χ0v) is 7.21. The van der Waals surface area contributed by atoms with E-state index < -0.39 is 0 Å². The summed E-state index contributed by atoms with van der Waals surface area (Å²) in [5.41, 5.74) is 0. The van der Waals surface area contributed by atoms with E-state index in [1.54, 1.807) is 0 Å². The van der Waals surface area contributed by atoms with Crippen molar-refractivity contribution in [3.05, 3.63) is 0 Å². The number of rotatable bonds is 1. The van der Waals surface area contributed by atoms with Crippen LogP contribution < -0.4 is 5.32 Å². The van der Waals surface area contributed by atoms with Crippen LogP contribution in [0.2, 0.25) is 0 Å². The molecule has 0 aromatic heterocycles. The molecule has 2 fully saturated rings. The largest absolute Gasteiger partial charge is 0.299 e. The van der Waals surface area contributed by atoms with Gasteiger partial charge in [-0.05, 0) is 6.54 Å². The van der Waals surface area contributed by atoms with E-state index >= 15 is 0 Å². The van der Waals surface area contributed by atoms with Crippen LogP contribution in [0.1, 0.15) is 6.92 Å². The third-order valence-electron chi connectivity index (χ3n) is 2.80. The molecular weight excluding hydrogens is 138 g/mol. The lowest BCUT2D eigenvalue weighted by Crippen LogP contribution is -2.53. The Labute approximate surface area is 68.4 Å². The fourth-order valence-corrected chi connectivity index (χ4v) is 2.00. The molecule has 2 saturated heterocycles. The normalized spacial score (nSPS) is 34.1. The lowest BCUT2D eigenvalue weighted by atomic mass is 10.3. The minimum atomic E-state index is 0.656. The standard InChI is InChI=1S/C8H17N3/c1-2-10-5-6-11-4-3-9-8(11)7-10/h8-9H,2-7H2,1H3. The number of likely N-dealkylation sites (N-methyl/N-ethyl adjacent to an activating group) is 1. The maximum absolute atomic E-state index is 3.51. The first kappa shape index (κ1) is 7.53. The van der Waals surface area contributed by atoms with Crippen LogP contribution in [0.25, 0.3) is 0 Å². The molecule has 0 bridgehead atoms. The highest BCUT2D eigenvalue weighted by atomic mass is 15.4. The van der Waals surface area contributed by atoms with E-state index in [4.69, 9.17) is 0 Å². The molecule has 11 heavy (non-hydrogen) atoms. The van der Waals surface area contributed by atoms with E-state index in [0.717, 1.165) is 0 Å². The Bertz CT molecular complexity index is 137. The monoisotopic (exact) mass is 155 g/mol. The Kier molecular flexibility index (Phi) is 2.11. The zero-order valence-electron chi connectivity index (χ0n) is 7.21. The van der Waals surface area contributed by atoms with Gasteiger partial charge in [0.25, 0.3) is 0 Å². The fraction of sp³-hybridized carbons (Fsp3) is 1.00. The molecule has 1 unspecified atom stereocenters. The van der Waals surface area contributed by atoms with E-state index in [9.17, 15) is 0 Å². The quantitative estimate of drug-likeness (QED) is 0.553. The number of nitrogens with zero attached hydrogens (tertiary/aromatic N) is 2. The van der Waals surface area contributed by atoms with Gasteiger partial charge >= 0.3 is 0 Å². The zero-order chi connectivity index (χ0) is 7.68. The van der Waals surface area contributed by atoms with Gasteiger partial charge in [0.15, 0.2) is 0 Å². The average Bonchev–Trinajstić information content (AvgIpc) is 2.50. The van der Waals surface area contributed by atoms with Gasteiger partial charge in [-0.2, -0.15) is 0 Å². The molecule has 1 atom stereocenters. The molecular formula is C8H17N3. The van der Waals surface area contributed by atoms with Gasteiger partial charge in [-0.15, -0.1) is 0 Å². The van der Waals surface area contributed by atoms with Crippen molar-refractivity contribution >= 4 is 0 Å². The summed E-state index contributed by atoms with van der Waals surface area (Å²) >= 11 is 0. The first-order valence-electron chi connectivity index (χ1n) is 4.60. The van der Waals surface area contributed by atoms with E-state index in [1.807, 2.05) is 0 Å². The molecule has 2 aliphatic heterocycles. The summed E-state index contributed by atoms with van der Waals surface area (Å²) in [4.78, 5) is 5.06. The van der Waals surface area contributed by atoms with Crippen LogP contribution in [-0.2, 0) is 0 Å². The topological polar surface area (TPSA) is 18.5 Å². The summed E-state index contributed by atoms with van der Waals surface area (Å²) in [7, 11) is 0. The van der Waals surface area contributed by atoms with Crippen LogP contribution in [0.3, 0.4) is 0 Å². The number of fused-ring (bicyclic) bond motifs is 1. The van der Waals surface area contributed by atoms with Crippen molar-refractivity contribution in [2.24, 2.45) is 0 Å². The Hall–Kier alpha value is -0.120. The summed E-state index contributed by atoms with van der Waals surface area (Å²) in [6.45, 7) is 9.61. The minimum Gasteiger partial charge on any atom is -0.299 e. The smallest absolute Gasteiger partial charge is 0.0729 e. The highest BCUT2D eigenvalue weighted by Gasteiger charge is 2.28. The molecule has 2 heterocycles. The maximum Gasteiger partial charge on any atom is 0.0729 e. The SMILES string of the molecule is CCN1CCN2CCNC2C1. The highest BCUT2D eigenvalue weighted by Crippen LogP contribution is 2.10. The van der Waals surface area contributed by atoms with Crippen LogP contribution in [0, 0.1) is 0 Å². The summed E-state index contributed by atoms with van der Waals surface area (Å²) < 4.78 is 0. The molecule has 3 heteroatoms. The lowest BCUT2D eigenvalue weighted by molar-refractivity contribution is 0.100. The van der Waals surface area contributed by atoms with E-state index in [1.165, 1.54) is 39.3 Å². The minimum absolute atomic E-state index is 0.656. The number of hydrogen-bond acceptors (Lipinski definition) is 3. The van der Waals surface area contributed by atoms with Gasteiger partial charge in [0, 0.05) is 32.7 Å². The van der Waals surface area contributed by atoms with Crippen LogP contribution in [-0.4, -0.2) is 55.2 Å². The first-order valence-corrected chi connectivity index (χ1v) is 4.60. The third-order valence-corrected chi connectivity index (χ3v) is 2.80. The van der Waals surface area contributed by atoms with Crippen molar-refractivity contribution in [3.63, 3.8) is 0 Å². The molecule has 2 rings (SSSR count). The predicted octanol–water partition coefficient (Wildman–Crippen LogP) is -0.447. The Morgan fingerprint density at radius 3 is 3.09 bits per heavy atom. The van der Waals surface area contributed by atoms with Crippen LogP contribution in [0.4, 0.5) is 0 Å². The van der Waals surface area contributed by atoms with Crippen molar-refractivity contribution in [2.45, 2.75) is 13.1 Å². The summed E-state index contributed by atoms with van der Waals surface area (Å²) in [6.07, 6.45) is 0.656. The summed E-state index contributed by atoms with van der Waals surface area (Å²) in [5.74, 6) is 0. The van der Waals surface area contributed by atoms with Crippen molar-refractivity contribution in [2.75, 3.05) is 39.3 Å². The average molecular weight is 155 g/mol. The van der Waals surface area contributed by atoms with Crippen LogP contribution in [0.15, 0.2) is 0 Å². The number of piperazine rings is 1. The second-order valence-corrected chi connectivity index (χ2v) is 3.40. The van der Waals surface area contributed by atoms with E-state index in [0.29, 0.717) is 6.17 Å². The van der Waals surface area contributed by atoms with Crippen LogP contribution >= 0.6 is 0 Å². The second kappa shape index (κ2) is 3.09. The first-order chi connectivity index (χ1) is 5.40. The lowest BCUT2D eigenvalue weighted by Gasteiger charge is -2.36. The third kappa shape index (κ3) is 1.41. The molecule has 0 amide bonds. The molecule has 0 radical (unpaired) electrons. The van der Waals surface area contributed by atoms with E-state index in [2.05, 4.69) is 22.0 Å². The van der Waals surface area contributed by atoms with Crippen LogP contribution in [0.5, 0.6) is 0 Å². The molecule has 0 saturated carbocycles. The summed E-state index contributed by atoms with van der Waals surface area (Å²) in [5, 5.41) is 3.51. The van der Waals surface area contributed by atoms with Crippen molar-refractivity contribution < 1.29 is 0 Å². The molecule has 1 N–H and O–H groups in total. The van der Waals surface area contributed by atoms with Gasteiger partial charge in [0.05, 0.1) is 6.17 Å². The van der Waals surface area contributed by atoms with Gasteiger partial charge in [0.2, 0.25) is 0 Å². The maximum atomic E-state index is 3.51. The van der Waals surface area contributed by atoms with Crippen molar-refractivity contribution in [1.82, 2.24) is 15.1 Å². The highest BCUT2D eigenvalue weighted by molar-refractivity contribution is 4.85. The van der Waals surface area contributed by atoms with Gasteiger partial charge in [-0.3, -0.25) is 15.1 Å². The van der Waals surface area contributed by atoms with Gasteiger partial charge in [0.1, 0.15) is 0 Å². The molecule has 0 aliphatic carbocycles. The molecule has 0 aromatic carbocycles. The molecule has 0 spiro atoms. The Morgan fingerprint density at radius 2 is 2.27 bits per heavy atom. The second-order valence-electron chi connectivity index (χ2n) is 3.40.